The molecule has 1 saturated heterocycles. The lowest BCUT2D eigenvalue weighted by Gasteiger charge is -2.33. The van der Waals surface area contributed by atoms with Crippen LogP contribution in [-0.4, -0.2) is 67.6 Å². The average Bonchev–Trinajstić information content (AvgIpc) is 2.38. The van der Waals surface area contributed by atoms with Crippen molar-refractivity contribution in [3.8, 4) is 0 Å². The molecule has 5 heteroatoms. The van der Waals surface area contributed by atoms with E-state index in [0.29, 0.717) is 0 Å². The number of amides is 1. The molecule has 0 spiro atoms. The Labute approximate surface area is 117 Å². The van der Waals surface area contributed by atoms with E-state index in [9.17, 15) is 4.79 Å². The Morgan fingerprint density at radius 3 is 2.47 bits per heavy atom. The molecule has 1 unspecified atom stereocenters. The molecule has 1 rings (SSSR count). The van der Waals surface area contributed by atoms with Crippen molar-refractivity contribution in [3.63, 3.8) is 0 Å². The molecule has 0 saturated carbocycles. The van der Waals surface area contributed by atoms with Gasteiger partial charge in [0.05, 0.1) is 5.54 Å². The number of primary amides is 1. The molecular formula is C14H30N4O. The zero-order valence-corrected chi connectivity index (χ0v) is 12.7. The Morgan fingerprint density at radius 2 is 1.95 bits per heavy atom. The molecule has 0 aromatic rings. The number of nitrogens with two attached hydrogens (primary N) is 1. The summed E-state index contributed by atoms with van der Waals surface area (Å²) in [5.74, 6) is -0.237. The van der Waals surface area contributed by atoms with Gasteiger partial charge in [0.15, 0.2) is 0 Å². The first-order chi connectivity index (χ1) is 8.98. The van der Waals surface area contributed by atoms with E-state index in [0.717, 1.165) is 58.5 Å². The number of rotatable bonds is 8. The summed E-state index contributed by atoms with van der Waals surface area (Å²) in [5, 5.41) is 3.29. The van der Waals surface area contributed by atoms with Gasteiger partial charge in [-0.3, -0.25) is 4.79 Å². The fourth-order valence-electron chi connectivity index (χ4n) is 2.43. The maximum Gasteiger partial charge on any atom is 0.237 e. The van der Waals surface area contributed by atoms with Gasteiger partial charge in [0.1, 0.15) is 0 Å². The van der Waals surface area contributed by atoms with Crippen molar-refractivity contribution >= 4 is 5.91 Å². The van der Waals surface area contributed by atoms with Gasteiger partial charge in [-0.15, -0.1) is 0 Å². The Hall–Kier alpha value is -0.650. The van der Waals surface area contributed by atoms with E-state index in [1.807, 2.05) is 6.92 Å². The summed E-state index contributed by atoms with van der Waals surface area (Å²) in [7, 11) is 2.16. The van der Waals surface area contributed by atoms with E-state index in [1.54, 1.807) is 0 Å². The van der Waals surface area contributed by atoms with Crippen LogP contribution in [0.25, 0.3) is 0 Å². The van der Waals surface area contributed by atoms with Crippen LogP contribution in [0.15, 0.2) is 0 Å². The van der Waals surface area contributed by atoms with Crippen molar-refractivity contribution in [2.24, 2.45) is 5.73 Å². The van der Waals surface area contributed by atoms with Crippen LogP contribution in [0.3, 0.4) is 0 Å². The number of carbonyl (C=O) groups is 1. The molecule has 0 bridgehead atoms. The molecule has 1 atom stereocenters. The van der Waals surface area contributed by atoms with Crippen LogP contribution < -0.4 is 11.1 Å². The van der Waals surface area contributed by atoms with Crippen LogP contribution in [0.4, 0.5) is 0 Å². The molecular weight excluding hydrogens is 240 g/mol. The monoisotopic (exact) mass is 270 g/mol. The first-order valence-corrected chi connectivity index (χ1v) is 7.44. The number of carbonyl (C=O) groups excluding carboxylic acids is 1. The summed E-state index contributed by atoms with van der Waals surface area (Å²) in [5.41, 5.74) is 4.97. The third-order valence-corrected chi connectivity index (χ3v) is 4.06. The predicted molar refractivity (Wildman–Crippen MR) is 79.1 cm³/mol. The van der Waals surface area contributed by atoms with E-state index in [-0.39, 0.29) is 5.91 Å². The van der Waals surface area contributed by atoms with Gasteiger partial charge >= 0.3 is 0 Å². The van der Waals surface area contributed by atoms with Gasteiger partial charge in [-0.2, -0.15) is 0 Å². The molecule has 1 fully saturated rings. The van der Waals surface area contributed by atoms with E-state index in [2.05, 4.69) is 29.1 Å². The molecule has 3 N–H and O–H groups in total. The van der Waals surface area contributed by atoms with Gasteiger partial charge in [-0.1, -0.05) is 6.92 Å². The van der Waals surface area contributed by atoms with Crippen molar-refractivity contribution < 1.29 is 4.79 Å². The third kappa shape index (κ3) is 5.47. The molecule has 19 heavy (non-hydrogen) atoms. The quantitative estimate of drug-likeness (QED) is 0.664. The van der Waals surface area contributed by atoms with E-state index in [4.69, 9.17) is 5.73 Å². The van der Waals surface area contributed by atoms with Crippen molar-refractivity contribution in [3.05, 3.63) is 0 Å². The molecule has 1 aliphatic rings. The van der Waals surface area contributed by atoms with Crippen LogP contribution in [0, 0.1) is 0 Å². The first-order valence-electron chi connectivity index (χ1n) is 7.44. The fraction of sp³-hybridized carbons (Fsp3) is 0.929. The normalized spacial score (nSPS) is 21.2. The first kappa shape index (κ1) is 16.4. The van der Waals surface area contributed by atoms with Crippen LogP contribution >= 0.6 is 0 Å². The molecule has 112 valence electrons. The van der Waals surface area contributed by atoms with Gasteiger partial charge in [0.25, 0.3) is 0 Å². The zero-order valence-electron chi connectivity index (χ0n) is 12.7. The number of nitrogens with one attached hydrogen (secondary N) is 1. The lowest BCUT2D eigenvalue weighted by atomic mass is 9.94. The summed E-state index contributed by atoms with van der Waals surface area (Å²) >= 11 is 0. The lowest BCUT2D eigenvalue weighted by Crippen LogP contribution is -2.53. The van der Waals surface area contributed by atoms with Crippen LogP contribution in [0.1, 0.15) is 33.1 Å². The molecule has 0 aromatic heterocycles. The molecule has 0 aliphatic carbocycles. The second-order valence-corrected chi connectivity index (χ2v) is 5.87. The van der Waals surface area contributed by atoms with Gasteiger partial charge in [0, 0.05) is 26.2 Å². The minimum Gasteiger partial charge on any atom is -0.368 e. The van der Waals surface area contributed by atoms with Gasteiger partial charge in [0.2, 0.25) is 5.91 Å². The number of likely N-dealkylation sites (N-methyl/N-ethyl adjacent to an activating group) is 1. The summed E-state index contributed by atoms with van der Waals surface area (Å²) in [6.07, 6.45) is 2.84. The van der Waals surface area contributed by atoms with Gasteiger partial charge in [-0.25, -0.2) is 0 Å². The maximum absolute atomic E-state index is 11.6. The van der Waals surface area contributed by atoms with Crippen LogP contribution in [0.2, 0.25) is 0 Å². The van der Waals surface area contributed by atoms with Crippen molar-refractivity contribution in [1.29, 1.82) is 0 Å². The van der Waals surface area contributed by atoms with Crippen LogP contribution in [-0.2, 0) is 4.79 Å². The van der Waals surface area contributed by atoms with Crippen molar-refractivity contribution in [1.82, 2.24) is 15.1 Å². The summed E-state index contributed by atoms with van der Waals surface area (Å²) in [4.78, 5) is 16.4. The zero-order chi connectivity index (χ0) is 14.3. The number of piperazine rings is 1. The summed E-state index contributed by atoms with van der Waals surface area (Å²) in [6.45, 7) is 10.5. The smallest absolute Gasteiger partial charge is 0.237 e. The minimum absolute atomic E-state index is 0.237. The third-order valence-electron chi connectivity index (χ3n) is 4.06. The summed E-state index contributed by atoms with van der Waals surface area (Å²) < 4.78 is 0. The van der Waals surface area contributed by atoms with Crippen LogP contribution in [0.5, 0.6) is 0 Å². The van der Waals surface area contributed by atoms with Gasteiger partial charge < -0.3 is 20.9 Å². The second-order valence-electron chi connectivity index (χ2n) is 5.87. The summed E-state index contributed by atoms with van der Waals surface area (Å²) in [6, 6.07) is 0. The average molecular weight is 270 g/mol. The standard InChI is InChI=1S/C14H30N4O/c1-4-7-16-14(2,13(15)19)6-5-8-18-11-9-17(3)10-12-18/h16H,4-12H2,1-3H3,(H2,15,19). The van der Waals surface area contributed by atoms with Crippen molar-refractivity contribution in [2.75, 3.05) is 46.3 Å². The van der Waals surface area contributed by atoms with E-state index < -0.39 is 5.54 Å². The number of nitrogens with zero attached hydrogens (tertiary/aromatic N) is 2. The number of hydrogen-bond donors (Lipinski definition) is 2. The lowest BCUT2D eigenvalue weighted by molar-refractivity contribution is -0.124. The Kier molecular flexibility index (Phi) is 6.75. The minimum atomic E-state index is -0.553. The Bertz CT molecular complexity index is 277. The Morgan fingerprint density at radius 1 is 1.32 bits per heavy atom. The van der Waals surface area contributed by atoms with E-state index in [1.165, 1.54) is 0 Å². The van der Waals surface area contributed by atoms with E-state index >= 15 is 0 Å². The highest BCUT2D eigenvalue weighted by molar-refractivity contribution is 5.84. The highest BCUT2D eigenvalue weighted by Gasteiger charge is 2.29. The highest BCUT2D eigenvalue weighted by Crippen LogP contribution is 2.13. The van der Waals surface area contributed by atoms with Gasteiger partial charge in [-0.05, 0) is 46.3 Å². The molecule has 1 amide bonds. The Balaban J connectivity index is 2.30. The molecule has 0 radical (unpaired) electrons. The highest BCUT2D eigenvalue weighted by atomic mass is 16.1. The fourth-order valence-corrected chi connectivity index (χ4v) is 2.43. The maximum atomic E-state index is 11.6. The topological polar surface area (TPSA) is 61.6 Å². The van der Waals surface area contributed by atoms with Crippen molar-refractivity contribution in [2.45, 2.75) is 38.6 Å². The SMILES string of the molecule is CCCNC(C)(CCCN1CCN(C)CC1)C(N)=O. The predicted octanol–water partition coefficient (Wildman–Crippen LogP) is 0.258. The second kappa shape index (κ2) is 7.82. The molecule has 5 nitrogen and oxygen atoms in total. The largest absolute Gasteiger partial charge is 0.368 e. The molecule has 0 aromatic carbocycles. The number of hydrogen-bond acceptors (Lipinski definition) is 4. The molecule has 1 aliphatic heterocycles. The molecule has 1 heterocycles.